The van der Waals surface area contributed by atoms with E-state index in [9.17, 15) is 9.59 Å². The summed E-state index contributed by atoms with van der Waals surface area (Å²) in [5.41, 5.74) is 1.24. The van der Waals surface area contributed by atoms with E-state index >= 15 is 0 Å². The lowest BCUT2D eigenvalue weighted by molar-refractivity contribution is -0.123. The number of aromatic amines is 1. The number of benzene rings is 1. The number of hydrogen-bond donors (Lipinski definition) is 3. The molecule has 3 aromatic rings. The van der Waals surface area contributed by atoms with Crippen molar-refractivity contribution in [2.75, 3.05) is 6.54 Å². The number of nitrogens with one attached hydrogen (secondary N) is 3. The van der Waals surface area contributed by atoms with Gasteiger partial charge < -0.3 is 20.4 Å². The highest BCUT2D eigenvalue weighted by Crippen LogP contribution is 2.13. The van der Waals surface area contributed by atoms with Crippen LogP contribution in [0, 0.1) is 0 Å². The zero-order chi connectivity index (χ0) is 20.9. The first kappa shape index (κ1) is 20.9. The van der Waals surface area contributed by atoms with Gasteiger partial charge >= 0.3 is 6.09 Å². The molecule has 0 fully saturated rings. The van der Waals surface area contributed by atoms with E-state index in [4.69, 9.17) is 4.74 Å². The number of alkyl carbamates (subject to hydrolysis) is 1. The second-order valence-corrected chi connectivity index (χ2v) is 8.76. The minimum atomic E-state index is -0.709. The van der Waals surface area contributed by atoms with E-state index in [-0.39, 0.29) is 5.91 Å². The molecule has 29 heavy (non-hydrogen) atoms. The molecular weight excluding hydrogens is 388 g/mol. The minimum Gasteiger partial charge on any atom is -0.444 e. The van der Waals surface area contributed by atoms with Crippen LogP contribution in [0.1, 0.15) is 31.5 Å². The number of nitrogens with zero attached hydrogens (tertiary/aromatic N) is 1. The van der Waals surface area contributed by atoms with E-state index in [1.807, 2.05) is 41.8 Å². The van der Waals surface area contributed by atoms with Gasteiger partial charge in [-0.25, -0.2) is 9.78 Å². The lowest BCUT2D eigenvalue weighted by Crippen LogP contribution is -2.49. The molecule has 2 aromatic heterocycles. The van der Waals surface area contributed by atoms with Crippen molar-refractivity contribution in [1.29, 1.82) is 0 Å². The van der Waals surface area contributed by atoms with Crippen LogP contribution in [0.25, 0.3) is 11.0 Å². The van der Waals surface area contributed by atoms with Gasteiger partial charge in [-0.2, -0.15) is 0 Å². The van der Waals surface area contributed by atoms with Crippen LogP contribution >= 0.6 is 11.3 Å². The van der Waals surface area contributed by atoms with Crippen molar-refractivity contribution >= 4 is 34.4 Å². The molecule has 3 rings (SSSR count). The number of rotatable bonds is 7. The lowest BCUT2D eigenvalue weighted by atomic mass is 10.1. The fourth-order valence-electron chi connectivity index (χ4n) is 2.84. The summed E-state index contributed by atoms with van der Waals surface area (Å²) in [4.78, 5) is 33.7. The summed E-state index contributed by atoms with van der Waals surface area (Å²) in [5, 5.41) is 7.53. The average molecular weight is 415 g/mol. The third-order valence-corrected chi connectivity index (χ3v) is 4.99. The van der Waals surface area contributed by atoms with Crippen LogP contribution in [0.5, 0.6) is 0 Å². The SMILES string of the molecule is CC(C)(C)OC(=O)N[C@@H](Cc1cccs1)C(=O)NCCc1nc2ccccc2[nH]1. The fourth-order valence-corrected chi connectivity index (χ4v) is 3.59. The van der Waals surface area contributed by atoms with Gasteiger partial charge in [-0.15, -0.1) is 11.3 Å². The van der Waals surface area contributed by atoms with Crippen LogP contribution in [0.4, 0.5) is 4.79 Å². The maximum absolute atomic E-state index is 12.7. The van der Waals surface area contributed by atoms with Crippen molar-refractivity contribution in [2.24, 2.45) is 0 Å². The summed E-state index contributed by atoms with van der Waals surface area (Å²) in [6, 6.07) is 10.9. The van der Waals surface area contributed by atoms with Crippen molar-refractivity contribution < 1.29 is 14.3 Å². The Labute approximate surface area is 173 Å². The highest BCUT2D eigenvalue weighted by Gasteiger charge is 2.25. The summed E-state index contributed by atoms with van der Waals surface area (Å²) in [6.45, 7) is 5.77. The average Bonchev–Trinajstić information content (AvgIpc) is 3.28. The molecule has 1 atom stereocenters. The van der Waals surface area contributed by atoms with Crippen LogP contribution in [0.2, 0.25) is 0 Å². The van der Waals surface area contributed by atoms with Crippen molar-refractivity contribution in [3.05, 3.63) is 52.5 Å². The zero-order valence-electron chi connectivity index (χ0n) is 16.8. The number of imidazole rings is 1. The normalized spacial score (nSPS) is 12.5. The van der Waals surface area contributed by atoms with E-state index in [1.165, 1.54) is 0 Å². The van der Waals surface area contributed by atoms with Crippen LogP contribution in [0.15, 0.2) is 41.8 Å². The van der Waals surface area contributed by atoms with E-state index in [0.717, 1.165) is 21.7 Å². The molecule has 8 heteroatoms. The topological polar surface area (TPSA) is 96.1 Å². The molecule has 2 amide bonds. The second kappa shape index (κ2) is 9.09. The summed E-state index contributed by atoms with van der Waals surface area (Å²) >= 11 is 1.54. The predicted molar refractivity (Wildman–Crippen MR) is 114 cm³/mol. The molecule has 0 spiro atoms. The van der Waals surface area contributed by atoms with E-state index < -0.39 is 17.7 Å². The van der Waals surface area contributed by atoms with Crippen molar-refractivity contribution in [3.8, 4) is 0 Å². The zero-order valence-corrected chi connectivity index (χ0v) is 17.6. The van der Waals surface area contributed by atoms with Crippen LogP contribution in [-0.4, -0.2) is 40.2 Å². The molecular formula is C21H26N4O3S. The number of carbonyl (C=O) groups is 2. The molecule has 0 aliphatic rings. The molecule has 7 nitrogen and oxygen atoms in total. The highest BCUT2D eigenvalue weighted by atomic mass is 32.1. The van der Waals surface area contributed by atoms with Gasteiger partial charge in [0.25, 0.3) is 0 Å². The molecule has 0 saturated heterocycles. The molecule has 1 aromatic carbocycles. The van der Waals surface area contributed by atoms with Crippen LogP contribution in [0.3, 0.4) is 0 Å². The molecule has 0 saturated carbocycles. The third kappa shape index (κ3) is 6.32. The maximum Gasteiger partial charge on any atom is 0.408 e. The molecule has 3 N–H and O–H groups in total. The summed E-state index contributed by atoms with van der Waals surface area (Å²) < 4.78 is 5.30. The fraction of sp³-hybridized carbons (Fsp3) is 0.381. The van der Waals surface area contributed by atoms with Gasteiger partial charge in [0.1, 0.15) is 17.5 Å². The molecule has 0 aliphatic heterocycles. The smallest absolute Gasteiger partial charge is 0.408 e. The minimum absolute atomic E-state index is 0.250. The Morgan fingerprint density at radius 3 is 2.69 bits per heavy atom. The molecule has 0 bridgehead atoms. The number of para-hydroxylation sites is 2. The van der Waals surface area contributed by atoms with Gasteiger partial charge in [0.15, 0.2) is 0 Å². The van der Waals surface area contributed by atoms with Gasteiger partial charge in [-0.3, -0.25) is 4.79 Å². The Kier molecular flexibility index (Phi) is 6.53. The number of ether oxygens (including phenoxy) is 1. The van der Waals surface area contributed by atoms with Gasteiger partial charge in [-0.1, -0.05) is 18.2 Å². The Balaban J connectivity index is 1.58. The third-order valence-electron chi connectivity index (χ3n) is 4.09. The number of H-pyrrole nitrogens is 1. The van der Waals surface area contributed by atoms with E-state index in [2.05, 4.69) is 20.6 Å². The molecule has 0 unspecified atom stereocenters. The van der Waals surface area contributed by atoms with Crippen LogP contribution < -0.4 is 10.6 Å². The Morgan fingerprint density at radius 1 is 1.21 bits per heavy atom. The summed E-state index contributed by atoms with van der Waals surface area (Å²) in [5.74, 6) is 0.557. The van der Waals surface area contributed by atoms with Gasteiger partial charge in [0, 0.05) is 24.3 Å². The number of aromatic nitrogens is 2. The molecule has 2 heterocycles. The van der Waals surface area contributed by atoms with E-state index in [1.54, 1.807) is 32.1 Å². The molecule has 0 aliphatic carbocycles. The number of thiophene rings is 1. The lowest BCUT2D eigenvalue weighted by Gasteiger charge is -2.23. The Morgan fingerprint density at radius 2 is 2.00 bits per heavy atom. The van der Waals surface area contributed by atoms with E-state index in [0.29, 0.717) is 19.4 Å². The highest BCUT2D eigenvalue weighted by molar-refractivity contribution is 7.09. The molecule has 154 valence electrons. The monoisotopic (exact) mass is 414 g/mol. The van der Waals surface area contributed by atoms with Gasteiger partial charge in [0.05, 0.1) is 11.0 Å². The van der Waals surface area contributed by atoms with Crippen molar-refractivity contribution in [3.63, 3.8) is 0 Å². The number of carbonyl (C=O) groups excluding carboxylic acids is 2. The molecule has 0 radical (unpaired) electrons. The summed E-state index contributed by atoms with van der Waals surface area (Å²) in [6.07, 6.45) is 0.373. The first-order chi connectivity index (χ1) is 13.8. The second-order valence-electron chi connectivity index (χ2n) is 7.72. The standard InChI is InChI=1S/C21H26N4O3S/c1-21(2,3)28-20(27)25-17(13-14-7-6-12-29-14)19(26)22-11-10-18-23-15-8-4-5-9-16(15)24-18/h4-9,12,17H,10-11,13H2,1-3H3,(H,22,26)(H,23,24)(H,25,27)/t17-/m0/s1. The Hall–Kier alpha value is -2.87. The number of fused-ring (bicyclic) bond motifs is 1. The predicted octanol–water partition coefficient (Wildman–Crippen LogP) is 3.42. The Bertz CT molecular complexity index is 927. The first-order valence-corrected chi connectivity index (χ1v) is 10.4. The number of hydrogen-bond acceptors (Lipinski definition) is 5. The van der Waals surface area contributed by atoms with Crippen molar-refractivity contribution in [1.82, 2.24) is 20.6 Å². The summed E-state index contributed by atoms with van der Waals surface area (Å²) in [7, 11) is 0. The van der Waals surface area contributed by atoms with Crippen LogP contribution in [-0.2, 0) is 22.4 Å². The maximum atomic E-state index is 12.7. The largest absolute Gasteiger partial charge is 0.444 e. The number of amides is 2. The van der Waals surface area contributed by atoms with Crippen molar-refractivity contribution in [2.45, 2.75) is 45.3 Å². The first-order valence-electron chi connectivity index (χ1n) is 9.53. The quantitative estimate of drug-likeness (QED) is 0.552. The van der Waals surface area contributed by atoms with Gasteiger partial charge in [-0.05, 0) is 44.4 Å². The van der Waals surface area contributed by atoms with Gasteiger partial charge in [0.2, 0.25) is 5.91 Å².